The Balaban J connectivity index is 1.08. The first-order chi connectivity index (χ1) is 26.0. The molecule has 0 unspecified atom stereocenters. The number of imidazole rings is 2. The van der Waals surface area contributed by atoms with Crippen molar-refractivity contribution in [1.82, 2.24) is 45.4 Å². The number of thiophene rings is 1. The summed E-state index contributed by atoms with van der Waals surface area (Å²) in [4.78, 5) is 65.9. The number of methoxy groups -OCH3 is 2. The minimum absolute atomic E-state index is 0.0256. The maximum atomic E-state index is 13.7. The number of likely N-dealkylation sites (tertiary alicyclic amines) is 2. The van der Waals surface area contributed by atoms with Gasteiger partial charge in [-0.3, -0.25) is 9.69 Å². The number of hydrogen-bond donors (Lipinski definition) is 4. The molecule has 4 atom stereocenters. The number of amides is 3. The summed E-state index contributed by atoms with van der Waals surface area (Å²) >= 11 is 1.66. The van der Waals surface area contributed by atoms with Gasteiger partial charge in [-0.05, 0) is 80.5 Å². The van der Waals surface area contributed by atoms with Crippen LogP contribution in [0, 0.1) is 11.8 Å². The topological polar surface area (TPSA) is 170 Å². The number of hydrogen-bond acceptors (Lipinski definition) is 10. The smallest absolute Gasteiger partial charge is 0.407 e. The highest BCUT2D eigenvalue weighted by molar-refractivity contribution is 7.18. The van der Waals surface area contributed by atoms with Gasteiger partial charge in [0.2, 0.25) is 5.91 Å². The third-order valence-corrected chi connectivity index (χ3v) is 11.9. The molecule has 2 fully saturated rings. The number of rotatable bonds is 11. The summed E-state index contributed by atoms with van der Waals surface area (Å²) in [6.07, 6.45) is 4.58. The van der Waals surface area contributed by atoms with Gasteiger partial charge in [0.25, 0.3) is 0 Å². The quantitative estimate of drug-likeness (QED) is 0.113. The molecule has 3 amide bonds. The lowest BCUT2D eigenvalue weighted by molar-refractivity contribution is -0.135. The predicted molar refractivity (Wildman–Crippen MR) is 208 cm³/mol. The summed E-state index contributed by atoms with van der Waals surface area (Å²) in [6.45, 7) is 10.3. The van der Waals surface area contributed by atoms with Crippen LogP contribution in [0.15, 0.2) is 42.6 Å². The van der Waals surface area contributed by atoms with E-state index < -0.39 is 18.2 Å². The van der Waals surface area contributed by atoms with E-state index in [9.17, 15) is 14.4 Å². The van der Waals surface area contributed by atoms with Gasteiger partial charge in [-0.2, -0.15) is 0 Å². The molecule has 54 heavy (non-hydrogen) atoms. The molecule has 6 heterocycles. The SMILES string of the molecule is COC(=O)N[C@H](C(=O)N1CCC[C@H]1c1nc2ccc3nc(-c4ccc(-c5cnc([C@@H]6CCCN6C[C@@H](NC(=O)OC)C(C)C)[nH]5)s4)ccc3c2[nH]1)C(C)C. The summed E-state index contributed by atoms with van der Waals surface area (Å²) in [6, 6.07) is 11.5. The van der Waals surface area contributed by atoms with Gasteiger partial charge in [0.1, 0.15) is 17.7 Å². The van der Waals surface area contributed by atoms with Gasteiger partial charge in [-0.25, -0.2) is 24.5 Å². The summed E-state index contributed by atoms with van der Waals surface area (Å²) < 4.78 is 9.64. The molecule has 1 aromatic carbocycles. The number of fused-ring (bicyclic) bond motifs is 3. The zero-order valence-electron chi connectivity index (χ0n) is 31.6. The molecule has 15 heteroatoms. The molecule has 2 saturated heterocycles. The number of alkyl carbamates (subject to hydrolysis) is 2. The highest BCUT2D eigenvalue weighted by Crippen LogP contribution is 2.38. The fourth-order valence-electron chi connectivity index (χ4n) is 7.68. The van der Waals surface area contributed by atoms with Crippen molar-refractivity contribution in [3.63, 3.8) is 0 Å². The Morgan fingerprint density at radius 3 is 2.31 bits per heavy atom. The van der Waals surface area contributed by atoms with Crippen LogP contribution in [0.5, 0.6) is 0 Å². The maximum absolute atomic E-state index is 13.7. The number of benzene rings is 1. The molecule has 5 aromatic rings. The van der Waals surface area contributed by atoms with Gasteiger partial charge in [-0.15, -0.1) is 11.3 Å². The molecular weight excluding hydrogens is 707 g/mol. The fraction of sp³-hybridized carbons (Fsp3) is 0.487. The second-order valence-corrected chi connectivity index (χ2v) is 16.0. The van der Waals surface area contributed by atoms with Crippen molar-refractivity contribution in [3.05, 3.63) is 54.2 Å². The van der Waals surface area contributed by atoms with E-state index in [-0.39, 0.29) is 35.9 Å². The van der Waals surface area contributed by atoms with Crippen LogP contribution in [-0.4, -0.2) is 98.8 Å². The number of carbonyl (C=O) groups excluding carboxylic acids is 3. The molecule has 4 aromatic heterocycles. The molecule has 0 saturated carbocycles. The van der Waals surface area contributed by atoms with E-state index in [1.807, 2.05) is 43.1 Å². The third kappa shape index (κ3) is 7.51. The Morgan fingerprint density at radius 2 is 1.56 bits per heavy atom. The monoisotopic (exact) mass is 755 g/mol. The number of aromatic nitrogens is 5. The van der Waals surface area contributed by atoms with Crippen LogP contribution < -0.4 is 10.6 Å². The second-order valence-electron chi connectivity index (χ2n) is 14.9. The normalized spacial score (nSPS) is 18.9. The van der Waals surface area contributed by atoms with Gasteiger partial charge in [-0.1, -0.05) is 27.7 Å². The van der Waals surface area contributed by atoms with Gasteiger partial charge in [0.05, 0.1) is 70.2 Å². The summed E-state index contributed by atoms with van der Waals surface area (Å²) in [5.74, 6) is 1.68. The van der Waals surface area contributed by atoms with E-state index in [4.69, 9.17) is 24.4 Å². The van der Waals surface area contributed by atoms with Crippen LogP contribution in [0.1, 0.15) is 77.1 Å². The number of nitrogens with zero attached hydrogens (tertiary/aromatic N) is 5. The van der Waals surface area contributed by atoms with Crippen molar-refractivity contribution in [3.8, 4) is 21.1 Å². The second kappa shape index (κ2) is 15.8. The first kappa shape index (κ1) is 37.3. The Bertz CT molecular complexity index is 2140. The summed E-state index contributed by atoms with van der Waals surface area (Å²) in [5, 5.41) is 6.66. The number of pyridine rings is 1. The zero-order chi connectivity index (χ0) is 38.1. The zero-order valence-corrected chi connectivity index (χ0v) is 32.5. The average molecular weight is 756 g/mol. The van der Waals surface area contributed by atoms with Crippen LogP contribution in [0.25, 0.3) is 43.1 Å². The van der Waals surface area contributed by atoms with Crippen LogP contribution in [0.4, 0.5) is 9.59 Å². The van der Waals surface area contributed by atoms with Crippen molar-refractivity contribution < 1.29 is 23.9 Å². The van der Waals surface area contributed by atoms with Crippen molar-refractivity contribution >= 4 is 51.4 Å². The van der Waals surface area contributed by atoms with Crippen molar-refractivity contribution in [2.45, 2.75) is 77.5 Å². The fourth-order valence-corrected chi connectivity index (χ4v) is 8.62. The standard InChI is InChI=1S/C39H49N9O5S/c1-21(2)28(44-38(50)52-5)20-47-17-7-9-29(47)35-40-19-27(43-35)32-16-15-31(54-32)25-12-11-23-24(41-25)13-14-26-34(23)45-36(42-26)30-10-8-18-48(30)37(49)33(22(3)4)46-39(51)53-6/h11-16,19,21-22,28-30,33H,7-10,17-18,20H2,1-6H3,(H,40,43)(H,42,45)(H,44,50)(H,46,51)/t28-,29+,30+,33+/m1/s1. The van der Waals surface area contributed by atoms with Gasteiger partial charge in [0.15, 0.2) is 0 Å². The number of aromatic amines is 2. The summed E-state index contributed by atoms with van der Waals surface area (Å²) in [5.41, 5.74) is 4.38. The van der Waals surface area contributed by atoms with Crippen LogP contribution in [0.2, 0.25) is 0 Å². The lowest BCUT2D eigenvalue weighted by Crippen LogP contribution is -2.51. The molecule has 14 nitrogen and oxygen atoms in total. The van der Waals surface area contributed by atoms with E-state index in [1.165, 1.54) is 14.2 Å². The van der Waals surface area contributed by atoms with Crippen molar-refractivity contribution in [2.75, 3.05) is 33.9 Å². The number of ether oxygens (including phenoxy) is 2. The number of carbonyl (C=O) groups is 3. The maximum Gasteiger partial charge on any atom is 0.407 e. The molecule has 2 aliphatic rings. The van der Waals surface area contributed by atoms with E-state index in [2.05, 4.69) is 57.5 Å². The molecule has 0 aliphatic carbocycles. The first-order valence-electron chi connectivity index (χ1n) is 18.7. The Morgan fingerprint density at radius 1 is 0.833 bits per heavy atom. The lowest BCUT2D eigenvalue weighted by Gasteiger charge is -2.30. The lowest BCUT2D eigenvalue weighted by atomic mass is 10.0. The van der Waals surface area contributed by atoms with Crippen LogP contribution in [-0.2, 0) is 14.3 Å². The molecule has 286 valence electrons. The van der Waals surface area contributed by atoms with E-state index in [0.717, 1.165) is 93.5 Å². The molecule has 2 aliphatic heterocycles. The Labute approximate surface area is 318 Å². The molecular formula is C39H49N9O5S. The highest BCUT2D eigenvalue weighted by Gasteiger charge is 2.38. The van der Waals surface area contributed by atoms with Gasteiger partial charge < -0.3 is 35.0 Å². The summed E-state index contributed by atoms with van der Waals surface area (Å²) in [7, 11) is 2.69. The molecule has 0 bridgehead atoms. The third-order valence-electron chi connectivity index (χ3n) is 10.7. The van der Waals surface area contributed by atoms with Gasteiger partial charge >= 0.3 is 12.2 Å². The first-order valence-corrected chi connectivity index (χ1v) is 19.5. The van der Waals surface area contributed by atoms with Gasteiger partial charge in [0, 0.05) is 24.5 Å². The molecule has 4 N–H and O–H groups in total. The van der Waals surface area contributed by atoms with Crippen LogP contribution >= 0.6 is 11.3 Å². The van der Waals surface area contributed by atoms with Crippen molar-refractivity contribution in [2.24, 2.45) is 11.8 Å². The minimum Gasteiger partial charge on any atom is -0.453 e. The molecule has 7 rings (SSSR count). The largest absolute Gasteiger partial charge is 0.453 e. The van der Waals surface area contributed by atoms with Crippen LogP contribution in [0.3, 0.4) is 0 Å². The van der Waals surface area contributed by atoms with Crippen molar-refractivity contribution in [1.29, 1.82) is 0 Å². The number of H-pyrrole nitrogens is 2. The van der Waals surface area contributed by atoms with E-state index in [1.54, 1.807) is 11.3 Å². The average Bonchev–Trinajstić information content (AvgIpc) is 4.01. The van der Waals surface area contributed by atoms with E-state index in [0.29, 0.717) is 6.54 Å². The number of nitrogens with one attached hydrogen (secondary N) is 4. The molecule has 0 radical (unpaired) electrons. The predicted octanol–water partition coefficient (Wildman–Crippen LogP) is 6.79. The highest BCUT2D eigenvalue weighted by atomic mass is 32.1. The minimum atomic E-state index is -0.692. The molecule has 0 spiro atoms. The Kier molecular flexibility index (Phi) is 10.9. The Hall–Kier alpha value is -5.02. The van der Waals surface area contributed by atoms with E-state index >= 15 is 0 Å².